The third kappa shape index (κ3) is 4.28. The lowest BCUT2D eigenvalue weighted by Gasteiger charge is -2.06. The molecule has 2 N–H and O–H groups in total. The molecule has 26 heavy (non-hydrogen) atoms. The number of unbranched alkanes of at least 4 members (excludes halogenated alkanes) is 1. The predicted octanol–water partition coefficient (Wildman–Crippen LogP) is 5.29. The largest absolute Gasteiger partial charge is 0.478 e. The zero-order valence-corrected chi connectivity index (χ0v) is 14.8. The van der Waals surface area contributed by atoms with E-state index < -0.39 is 5.97 Å². The van der Waals surface area contributed by atoms with Gasteiger partial charge in [-0.2, -0.15) is 0 Å². The molecule has 0 bridgehead atoms. The van der Waals surface area contributed by atoms with Gasteiger partial charge in [-0.05, 0) is 41.7 Å². The lowest BCUT2D eigenvalue weighted by molar-refractivity contribution is 0.0697. The van der Waals surface area contributed by atoms with Crippen LogP contribution in [-0.2, 0) is 6.42 Å². The molecule has 0 fully saturated rings. The third-order valence-corrected chi connectivity index (χ3v) is 4.26. The molecule has 1 heterocycles. The summed E-state index contributed by atoms with van der Waals surface area (Å²) in [5.41, 5.74) is 4.12. The van der Waals surface area contributed by atoms with E-state index >= 15 is 0 Å². The van der Waals surface area contributed by atoms with Crippen molar-refractivity contribution in [1.29, 1.82) is 0 Å². The minimum absolute atomic E-state index is 0.311. The zero-order valence-electron chi connectivity index (χ0n) is 14.8. The predicted molar refractivity (Wildman–Crippen MR) is 105 cm³/mol. The highest BCUT2D eigenvalue weighted by molar-refractivity contribution is 5.96. The molecule has 3 rings (SSSR count). The summed E-state index contributed by atoms with van der Waals surface area (Å²) in [5, 5.41) is 9.33. The lowest BCUT2D eigenvalue weighted by atomic mass is 9.99. The van der Waals surface area contributed by atoms with E-state index in [1.165, 1.54) is 6.42 Å². The lowest BCUT2D eigenvalue weighted by Crippen LogP contribution is -1.98. The summed E-state index contributed by atoms with van der Waals surface area (Å²) in [6.07, 6.45) is 9.19. The number of H-pyrrole nitrogens is 1. The Labute approximate surface area is 153 Å². The molecule has 0 aliphatic carbocycles. The van der Waals surface area contributed by atoms with E-state index in [-0.39, 0.29) is 0 Å². The maximum Gasteiger partial charge on any atom is 0.336 e. The summed E-state index contributed by atoms with van der Waals surface area (Å²) in [4.78, 5) is 19.1. The van der Waals surface area contributed by atoms with Crippen molar-refractivity contribution < 1.29 is 9.90 Å². The highest BCUT2D eigenvalue weighted by atomic mass is 16.4. The van der Waals surface area contributed by atoms with Gasteiger partial charge in [0.15, 0.2) is 0 Å². The molecule has 2 aromatic carbocycles. The van der Waals surface area contributed by atoms with Crippen molar-refractivity contribution in [2.75, 3.05) is 0 Å². The summed E-state index contributed by atoms with van der Waals surface area (Å²) in [7, 11) is 0. The van der Waals surface area contributed by atoms with Gasteiger partial charge in [-0.1, -0.05) is 61.9 Å². The third-order valence-electron chi connectivity index (χ3n) is 4.26. The molecule has 0 aliphatic rings. The molecule has 0 atom stereocenters. The summed E-state index contributed by atoms with van der Waals surface area (Å²) in [6, 6.07) is 14.9. The standard InChI is InChI=1S/C22H22N2O2/c1-2-3-6-18-15-23-21(24-18)14-11-16-9-12-17(13-10-16)19-7-4-5-8-20(19)22(25)26/h4-5,7-15H,2-3,6H2,1H3,(H,23,24)(H,25,26)/b14-11+. The van der Waals surface area contributed by atoms with Gasteiger partial charge in [-0.3, -0.25) is 0 Å². The number of hydrogen-bond acceptors (Lipinski definition) is 2. The Balaban J connectivity index is 1.74. The van der Waals surface area contributed by atoms with E-state index in [1.54, 1.807) is 12.1 Å². The zero-order chi connectivity index (χ0) is 18.4. The van der Waals surface area contributed by atoms with Crippen molar-refractivity contribution >= 4 is 18.1 Å². The monoisotopic (exact) mass is 346 g/mol. The number of benzene rings is 2. The number of hydrogen-bond donors (Lipinski definition) is 2. The van der Waals surface area contributed by atoms with Crippen LogP contribution in [0.2, 0.25) is 0 Å². The van der Waals surface area contributed by atoms with Crippen LogP contribution in [-0.4, -0.2) is 21.0 Å². The number of aromatic nitrogens is 2. The van der Waals surface area contributed by atoms with E-state index in [0.717, 1.165) is 41.1 Å². The van der Waals surface area contributed by atoms with Gasteiger partial charge in [0.1, 0.15) is 5.82 Å². The average molecular weight is 346 g/mol. The smallest absolute Gasteiger partial charge is 0.336 e. The van der Waals surface area contributed by atoms with Crippen molar-refractivity contribution in [3.63, 3.8) is 0 Å². The van der Waals surface area contributed by atoms with Gasteiger partial charge in [-0.15, -0.1) is 0 Å². The van der Waals surface area contributed by atoms with Crippen LogP contribution in [0.3, 0.4) is 0 Å². The number of carbonyl (C=O) groups is 1. The maximum absolute atomic E-state index is 11.4. The fraction of sp³-hybridized carbons (Fsp3) is 0.182. The first-order chi connectivity index (χ1) is 12.7. The molecule has 4 heteroatoms. The molecule has 3 aromatic rings. The quantitative estimate of drug-likeness (QED) is 0.611. The second-order valence-electron chi connectivity index (χ2n) is 6.20. The molecule has 0 saturated heterocycles. The first kappa shape index (κ1) is 17.7. The van der Waals surface area contributed by atoms with Gasteiger partial charge in [0.05, 0.1) is 5.56 Å². The van der Waals surface area contributed by atoms with Crippen LogP contribution in [0.15, 0.2) is 54.7 Å². The van der Waals surface area contributed by atoms with Crippen molar-refractivity contribution in [3.05, 3.63) is 77.4 Å². The van der Waals surface area contributed by atoms with E-state index in [2.05, 4.69) is 16.9 Å². The van der Waals surface area contributed by atoms with Crippen LogP contribution in [0.4, 0.5) is 0 Å². The van der Waals surface area contributed by atoms with Crippen LogP contribution in [0.25, 0.3) is 23.3 Å². The average Bonchev–Trinajstić information content (AvgIpc) is 3.13. The highest BCUT2D eigenvalue weighted by Gasteiger charge is 2.10. The Bertz CT molecular complexity index is 908. The Kier molecular flexibility index (Phi) is 5.64. The Morgan fingerprint density at radius 3 is 2.62 bits per heavy atom. The first-order valence-electron chi connectivity index (χ1n) is 8.82. The number of aromatic carboxylic acids is 1. The molecule has 1 aromatic heterocycles. The van der Waals surface area contributed by atoms with Gasteiger partial charge in [0.25, 0.3) is 0 Å². The van der Waals surface area contributed by atoms with Crippen molar-refractivity contribution in [1.82, 2.24) is 9.97 Å². The summed E-state index contributed by atoms with van der Waals surface area (Å²) in [6.45, 7) is 2.18. The number of carboxylic acid groups (broad SMARTS) is 1. The SMILES string of the molecule is CCCCc1cnc(/C=C/c2ccc(-c3ccccc3C(=O)O)cc2)[nH]1. The summed E-state index contributed by atoms with van der Waals surface area (Å²) >= 11 is 0. The van der Waals surface area contributed by atoms with Crippen molar-refractivity contribution in [2.45, 2.75) is 26.2 Å². The molecule has 0 saturated carbocycles. The maximum atomic E-state index is 11.4. The van der Waals surface area contributed by atoms with Crippen molar-refractivity contribution in [2.24, 2.45) is 0 Å². The van der Waals surface area contributed by atoms with Crippen LogP contribution in [0.5, 0.6) is 0 Å². The molecule has 0 radical (unpaired) electrons. The number of aryl methyl sites for hydroxylation is 1. The highest BCUT2D eigenvalue weighted by Crippen LogP contribution is 2.24. The van der Waals surface area contributed by atoms with E-state index in [9.17, 15) is 9.90 Å². The second kappa shape index (κ2) is 8.30. The van der Waals surface area contributed by atoms with Gasteiger partial charge in [0.2, 0.25) is 0 Å². The molecule has 132 valence electrons. The van der Waals surface area contributed by atoms with E-state index in [4.69, 9.17) is 0 Å². The molecule has 0 aliphatic heterocycles. The number of nitrogens with one attached hydrogen (secondary N) is 1. The minimum Gasteiger partial charge on any atom is -0.478 e. The number of aromatic amines is 1. The number of imidazole rings is 1. The van der Waals surface area contributed by atoms with Crippen LogP contribution in [0.1, 0.15) is 47.2 Å². The van der Waals surface area contributed by atoms with E-state index in [1.807, 2.05) is 54.7 Å². The van der Waals surface area contributed by atoms with E-state index in [0.29, 0.717) is 5.56 Å². The van der Waals surface area contributed by atoms with Gasteiger partial charge >= 0.3 is 5.97 Å². The number of carboxylic acids is 1. The topological polar surface area (TPSA) is 66.0 Å². The van der Waals surface area contributed by atoms with Gasteiger partial charge in [0, 0.05) is 11.9 Å². The molecule has 4 nitrogen and oxygen atoms in total. The molecule has 0 amide bonds. The number of rotatable bonds is 7. The molecule has 0 unspecified atom stereocenters. The van der Waals surface area contributed by atoms with Crippen LogP contribution >= 0.6 is 0 Å². The fourth-order valence-corrected chi connectivity index (χ4v) is 2.83. The fourth-order valence-electron chi connectivity index (χ4n) is 2.83. The summed E-state index contributed by atoms with van der Waals surface area (Å²) in [5.74, 6) is -0.0716. The Morgan fingerprint density at radius 1 is 1.12 bits per heavy atom. The van der Waals surface area contributed by atoms with Crippen molar-refractivity contribution in [3.8, 4) is 11.1 Å². The van der Waals surface area contributed by atoms with Crippen LogP contribution < -0.4 is 0 Å². The molecular weight excluding hydrogens is 324 g/mol. The summed E-state index contributed by atoms with van der Waals surface area (Å²) < 4.78 is 0. The van der Waals surface area contributed by atoms with Crippen LogP contribution in [0, 0.1) is 0 Å². The van der Waals surface area contributed by atoms with Gasteiger partial charge in [-0.25, -0.2) is 9.78 Å². The number of nitrogens with zero attached hydrogens (tertiary/aromatic N) is 1. The Morgan fingerprint density at radius 2 is 1.88 bits per heavy atom. The molecular formula is C22H22N2O2. The first-order valence-corrected chi connectivity index (χ1v) is 8.82. The Hall–Kier alpha value is -3.14. The molecule has 0 spiro atoms. The minimum atomic E-state index is -0.915. The second-order valence-corrected chi connectivity index (χ2v) is 6.20. The van der Waals surface area contributed by atoms with Gasteiger partial charge < -0.3 is 10.1 Å². The normalized spacial score (nSPS) is 11.1.